The number of nitrogens with two attached hydrogens (primary N) is 1. The highest BCUT2D eigenvalue weighted by Crippen LogP contribution is 2.08. The number of carbonyl (C=O) groups excluding carboxylic acids is 1. The van der Waals surface area contributed by atoms with Crippen LogP contribution < -0.4 is 5.73 Å². The maximum atomic E-state index is 11.9. The van der Waals surface area contributed by atoms with Gasteiger partial charge in [-0.1, -0.05) is 0 Å². The molecule has 16 heavy (non-hydrogen) atoms. The molecule has 0 heterocycles. The minimum atomic E-state index is -3.33. The Bertz CT molecular complexity index is 325. The summed E-state index contributed by atoms with van der Waals surface area (Å²) in [6, 6.07) is -0.0109. The molecule has 0 rings (SSSR count). The molecular formula is C10H22N2O3S. The highest BCUT2D eigenvalue weighted by molar-refractivity contribution is 7.92. The first-order valence-electron chi connectivity index (χ1n) is 5.41. The summed E-state index contributed by atoms with van der Waals surface area (Å²) < 4.78 is 22.6. The topological polar surface area (TPSA) is 80.5 Å². The number of nitrogens with zero attached hydrogens (tertiary/aromatic N) is 1. The second kappa shape index (κ2) is 6.20. The van der Waals surface area contributed by atoms with Crippen molar-refractivity contribution in [2.45, 2.75) is 38.5 Å². The molecule has 0 fully saturated rings. The third-order valence-electron chi connectivity index (χ3n) is 2.50. The molecule has 0 aromatic carbocycles. The fourth-order valence-corrected chi connectivity index (χ4v) is 1.80. The van der Waals surface area contributed by atoms with E-state index in [0.717, 1.165) is 6.26 Å². The molecule has 0 saturated heterocycles. The van der Waals surface area contributed by atoms with Crippen LogP contribution in [0, 0.1) is 0 Å². The van der Waals surface area contributed by atoms with E-state index in [1.54, 1.807) is 4.90 Å². The Kier molecular flexibility index (Phi) is 5.96. The Morgan fingerprint density at radius 1 is 1.31 bits per heavy atom. The molecule has 0 saturated carbocycles. The van der Waals surface area contributed by atoms with Crippen LogP contribution in [0.3, 0.4) is 0 Å². The van der Waals surface area contributed by atoms with Crippen LogP contribution in [0.2, 0.25) is 0 Å². The van der Waals surface area contributed by atoms with Crippen LogP contribution in [-0.4, -0.2) is 49.9 Å². The predicted molar refractivity (Wildman–Crippen MR) is 64.8 cm³/mol. The molecule has 0 bridgehead atoms. The summed E-state index contributed by atoms with van der Waals surface area (Å²) >= 11 is 0. The highest BCUT2D eigenvalue weighted by Gasteiger charge is 2.29. The molecule has 0 spiro atoms. The molecule has 96 valence electrons. The second-order valence-corrected chi connectivity index (χ2v) is 6.61. The minimum absolute atomic E-state index is 0.0109. The minimum Gasteiger partial charge on any atom is -0.339 e. The molecule has 2 N–H and O–H groups in total. The van der Waals surface area contributed by atoms with E-state index in [0.29, 0.717) is 19.5 Å². The quantitative estimate of drug-likeness (QED) is 0.720. The zero-order valence-corrected chi connectivity index (χ0v) is 11.3. The molecule has 0 aliphatic carbocycles. The summed E-state index contributed by atoms with van der Waals surface area (Å²) in [5, 5.41) is -0.979. The fourth-order valence-electron chi connectivity index (χ4n) is 1.30. The van der Waals surface area contributed by atoms with Gasteiger partial charge in [-0.25, -0.2) is 8.42 Å². The number of rotatable bonds is 6. The van der Waals surface area contributed by atoms with E-state index in [9.17, 15) is 13.2 Å². The zero-order chi connectivity index (χ0) is 12.9. The number of sulfone groups is 1. The third kappa shape index (κ3) is 4.49. The molecule has 1 amide bonds. The van der Waals surface area contributed by atoms with Crippen molar-refractivity contribution in [3.05, 3.63) is 0 Å². The largest absolute Gasteiger partial charge is 0.339 e. The summed E-state index contributed by atoms with van der Waals surface area (Å²) in [5.74, 6) is -0.342. The van der Waals surface area contributed by atoms with E-state index in [2.05, 4.69) is 0 Å². The summed E-state index contributed by atoms with van der Waals surface area (Å²) in [6.45, 7) is 6.15. The van der Waals surface area contributed by atoms with E-state index >= 15 is 0 Å². The molecule has 1 atom stereocenters. The monoisotopic (exact) mass is 250 g/mol. The van der Waals surface area contributed by atoms with Crippen LogP contribution in [0.5, 0.6) is 0 Å². The lowest BCUT2D eigenvalue weighted by atomic mass is 10.2. The highest BCUT2D eigenvalue weighted by atomic mass is 32.2. The van der Waals surface area contributed by atoms with Crippen LogP contribution in [0.4, 0.5) is 0 Å². The van der Waals surface area contributed by atoms with Gasteiger partial charge in [-0.05, 0) is 33.7 Å². The lowest BCUT2D eigenvalue weighted by Gasteiger charge is -2.28. The number of hydrogen-bond acceptors (Lipinski definition) is 4. The van der Waals surface area contributed by atoms with Crippen molar-refractivity contribution in [2.24, 2.45) is 5.73 Å². The van der Waals surface area contributed by atoms with Gasteiger partial charge in [0.15, 0.2) is 9.84 Å². The van der Waals surface area contributed by atoms with Crippen LogP contribution in [0.25, 0.3) is 0 Å². The first-order valence-corrected chi connectivity index (χ1v) is 7.36. The normalized spacial score (nSPS) is 13.9. The van der Waals surface area contributed by atoms with E-state index in [4.69, 9.17) is 5.73 Å². The van der Waals surface area contributed by atoms with Crippen LogP contribution in [-0.2, 0) is 14.6 Å². The number of amides is 1. The summed E-state index contributed by atoms with van der Waals surface area (Å²) in [6.07, 6.45) is 1.76. The maximum absolute atomic E-state index is 11.9. The van der Waals surface area contributed by atoms with Gasteiger partial charge in [0.05, 0.1) is 0 Å². The Morgan fingerprint density at radius 3 is 2.12 bits per heavy atom. The first-order chi connectivity index (χ1) is 7.21. The van der Waals surface area contributed by atoms with Gasteiger partial charge in [-0.2, -0.15) is 0 Å². The molecule has 6 heteroatoms. The molecular weight excluding hydrogens is 228 g/mol. The average molecular weight is 250 g/mol. The van der Waals surface area contributed by atoms with E-state index in [1.165, 1.54) is 6.92 Å². The van der Waals surface area contributed by atoms with E-state index in [-0.39, 0.29) is 11.9 Å². The lowest BCUT2D eigenvalue weighted by molar-refractivity contribution is -0.132. The molecule has 5 nitrogen and oxygen atoms in total. The maximum Gasteiger partial charge on any atom is 0.240 e. The number of hydrogen-bond donors (Lipinski definition) is 1. The van der Waals surface area contributed by atoms with Gasteiger partial charge >= 0.3 is 0 Å². The Morgan fingerprint density at radius 2 is 1.81 bits per heavy atom. The summed E-state index contributed by atoms with van der Waals surface area (Å²) in [4.78, 5) is 13.5. The summed E-state index contributed by atoms with van der Waals surface area (Å²) in [7, 11) is -3.33. The molecule has 0 aliphatic rings. The van der Waals surface area contributed by atoms with E-state index in [1.807, 2.05) is 13.8 Å². The smallest absolute Gasteiger partial charge is 0.240 e. The SMILES string of the molecule is CC(C)N(CCCN)C(=O)C(C)S(C)(=O)=O. The zero-order valence-electron chi connectivity index (χ0n) is 10.4. The van der Waals surface area contributed by atoms with Crippen molar-refractivity contribution in [1.82, 2.24) is 4.90 Å². The molecule has 0 aromatic heterocycles. The standard InChI is InChI=1S/C10H22N2O3S/c1-8(2)12(7-5-6-11)10(13)9(3)16(4,14)15/h8-9H,5-7,11H2,1-4H3. The van der Waals surface area contributed by atoms with Crippen LogP contribution >= 0.6 is 0 Å². The molecule has 0 aliphatic heterocycles. The Balaban J connectivity index is 4.75. The van der Waals surface area contributed by atoms with Crippen molar-refractivity contribution in [2.75, 3.05) is 19.3 Å². The Hall–Kier alpha value is -0.620. The molecule has 1 unspecified atom stereocenters. The van der Waals surface area contributed by atoms with Crippen molar-refractivity contribution < 1.29 is 13.2 Å². The van der Waals surface area contributed by atoms with Crippen molar-refractivity contribution in [3.63, 3.8) is 0 Å². The van der Waals surface area contributed by atoms with Gasteiger partial charge in [0.2, 0.25) is 5.91 Å². The molecule has 0 radical (unpaired) electrons. The van der Waals surface area contributed by atoms with Crippen LogP contribution in [0.1, 0.15) is 27.2 Å². The van der Waals surface area contributed by atoms with Gasteiger partial charge in [-0.3, -0.25) is 4.79 Å². The molecule has 0 aromatic rings. The Labute approximate surface area is 97.9 Å². The van der Waals surface area contributed by atoms with Gasteiger partial charge in [0.25, 0.3) is 0 Å². The van der Waals surface area contributed by atoms with Gasteiger partial charge < -0.3 is 10.6 Å². The van der Waals surface area contributed by atoms with Gasteiger partial charge in [-0.15, -0.1) is 0 Å². The first kappa shape index (κ1) is 15.4. The van der Waals surface area contributed by atoms with Crippen LogP contribution in [0.15, 0.2) is 0 Å². The third-order valence-corrected chi connectivity index (χ3v) is 3.99. The van der Waals surface area contributed by atoms with Gasteiger partial charge in [0.1, 0.15) is 5.25 Å². The van der Waals surface area contributed by atoms with Crippen molar-refractivity contribution in [1.29, 1.82) is 0 Å². The summed E-state index contributed by atoms with van der Waals surface area (Å²) in [5.41, 5.74) is 5.38. The average Bonchev–Trinajstić information content (AvgIpc) is 2.15. The van der Waals surface area contributed by atoms with Gasteiger partial charge in [0, 0.05) is 18.8 Å². The second-order valence-electron chi connectivity index (χ2n) is 4.24. The number of carbonyl (C=O) groups is 1. The van der Waals surface area contributed by atoms with Crippen molar-refractivity contribution >= 4 is 15.7 Å². The lowest BCUT2D eigenvalue weighted by Crippen LogP contribution is -2.45. The fraction of sp³-hybridized carbons (Fsp3) is 0.900. The van der Waals surface area contributed by atoms with E-state index < -0.39 is 15.1 Å². The van der Waals surface area contributed by atoms with Crippen molar-refractivity contribution in [3.8, 4) is 0 Å². The predicted octanol–water partition coefficient (Wildman–Crippen LogP) is 0.00530.